The Balaban J connectivity index is 2.37. The molecule has 2 nitrogen and oxygen atoms in total. The number of rotatable bonds is 2. The van der Waals surface area contributed by atoms with Gasteiger partial charge in [-0.3, -0.25) is 9.59 Å². The zero-order valence-corrected chi connectivity index (χ0v) is 9.75. The monoisotopic (exact) mass is 216 g/mol. The van der Waals surface area contributed by atoms with Gasteiger partial charge in [0.05, 0.1) is 0 Å². The summed E-state index contributed by atoms with van der Waals surface area (Å²) < 4.78 is 0. The van der Waals surface area contributed by atoms with Gasteiger partial charge in [-0.1, -0.05) is 31.2 Å². The number of aryl methyl sites for hydroxylation is 1. The maximum atomic E-state index is 12.3. The van der Waals surface area contributed by atoms with E-state index in [-0.39, 0.29) is 11.6 Å². The molecule has 1 aromatic carbocycles. The molecule has 0 saturated heterocycles. The Morgan fingerprint density at radius 2 is 2.06 bits per heavy atom. The van der Waals surface area contributed by atoms with Crippen LogP contribution >= 0.6 is 0 Å². The van der Waals surface area contributed by atoms with Crippen molar-refractivity contribution in [3.63, 3.8) is 0 Å². The number of hydrogen-bond donors (Lipinski definition) is 0. The average Bonchev–Trinajstić information content (AvgIpc) is 2.24. The highest BCUT2D eigenvalue weighted by molar-refractivity contribution is 6.04. The van der Waals surface area contributed by atoms with Gasteiger partial charge in [0.1, 0.15) is 5.78 Å². The fraction of sp³-hybridized carbons (Fsp3) is 0.429. The summed E-state index contributed by atoms with van der Waals surface area (Å²) in [5.41, 5.74) is 1.44. The number of ketones is 2. The fourth-order valence-electron chi connectivity index (χ4n) is 2.53. The van der Waals surface area contributed by atoms with E-state index >= 15 is 0 Å². The predicted octanol–water partition coefficient (Wildman–Crippen LogP) is 2.80. The first-order valence-corrected chi connectivity index (χ1v) is 5.65. The Morgan fingerprint density at radius 3 is 2.75 bits per heavy atom. The van der Waals surface area contributed by atoms with E-state index in [1.807, 2.05) is 31.2 Å². The lowest BCUT2D eigenvalue weighted by atomic mass is 9.69. The molecule has 84 valence electrons. The molecule has 0 radical (unpaired) electrons. The molecule has 0 saturated carbocycles. The third-order valence-corrected chi connectivity index (χ3v) is 3.40. The molecular formula is C14H16O2. The van der Waals surface area contributed by atoms with Crippen molar-refractivity contribution in [2.45, 2.75) is 33.1 Å². The molecule has 2 rings (SSSR count). The summed E-state index contributed by atoms with van der Waals surface area (Å²) in [4.78, 5) is 23.5. The lowest BCUT2D eigenvalue weighted by Crippen LogP contribution is -2.34. The van der Waals surface area contributed by atoms with Crippen molar-refractivity contribution in [1.82, 2.24) is 0 Å². The van der Waals surface area contributed by atoms with Gasteiger partial charge in [-0.25, -0.2) is 0 Å². The molecule has 1 aliphatic rings. The summed E-state index contributed by atoms with van der Waals surface area (Å²) in [6, 6.07) is 7.71. The zero-order valence-electron chi connectivity index (χ0n) is 9.75. The minimum absolute atomic E-state index is 0.0928. The van der Waals surface area contributed by atoms with Crippen LogP contribution in [0, 0.1) is 5.41 Å². The average molecular weight is 216 g/mol. The first-order valence-electron chi connectivity index (χ1n) is 5.65. The minimum Gasteiger partial charge on any atom is -0.300 e. The number of carbonyl (C=O) groups is 2. The van der Waals surface area contributed by atoms with Gasteiger partial charge in [0, 0.05) is 17.4 Å². The Hall–Kier alpha value is -1.44. The van der Waals surface area contributed by atoms with Crippen LogP contribution in [0.3, 0.4) is 0 Å². The maximum Gasteiger partial charge on any atom is 0.169 e. The molecule has 1 aromatic rings. The number of fused-ring (bicyclic) bond motifs is 1. The summed E-state index contributed by atoms with van der Waals surface area (Å²) in [6.07, 6.45) is 2.04. The van der Waals surface area contributed by atoms with E-state index in [4.69, 9.17) is 0 Å². The molecule has 0 fully saturated rings. The maximum absolute atomic E-state index is 12.3. The Kier molecular flexibility index (Phi) is 2.66. The van der Waals surface area contributed by atoms with Crippen LogP contribution in [0.4, 0.5) is 0 Å². The van der Waals surface area contributed by atoms with Gasteiger partial charge >= 0.3 is 0 Å². The van der Waals surface area contributed by atoms with Crippen molar-refractivity contribution in [2.75, 3.05) is 0 Å². The predicted molar refractivity (Wildman–Crippen MR) is 62.5 cm³/mol. The second-order valence-corrected chi connectivity index (χ2v) is 4.93. The van der Waals surface area contributed by atoms with E-state index in [9.17, 15) is 9.59 Å². The van der Waals surface area contributed by atoms with E-state index in [0.717, 1.165) is 24.0 Å². The minimum atomic E-state index is -0.486. The normalized spacial score (nSPS) is 24.0. The van der Waals surface area contributed by atoms with Gasteiger partial charge in [-0.15, -0.1) is 0 Å². The van der Waals surface area contributed by atoms with Crippen LogP contribution in [0.5, 0.6) is 0 Å². The highest BCUT2D eigenvalue weighted by Gasteiger charge is 2.38. The summed E-state index contributed by atoms with van der Waals surface area (Å²) in [5.74, 6) is 0.222. The third-order valence-electron chi connectivity index (χ3n) is 3.40. The van der Waals surface area contributed by atoms with Crippen LogP contribution < -0.4 is 0 Å². The van der Waals surface area contributed by atoms with E-state index in [2.05, 4.69) is 0 Å². The Morgan fingerprint density at radius 1 is 1.38 bits per heavy atom. The van der Waals surface area contributed by atoms with Crippen LogP contribution in [0.1, 0.15) is 42.6 Å². The van der Waals surface area contributed by atoms with Gasteiger partial charge in [0.15, 0.2) is 5.78 Å². The fourth-order valence-corrected chi connectivity index (χ4v) is 2.53. The SMILES string of the molecule is CC(=O)C[C@]1(C)CCc2ccccc2C1=O. The molecular weight excluding hydrogens is 200 g/mol. The van der Waals surface area contributed by atoms with Crippen LogP contribution in [0.2, 0.25) is 0 Å². The summed E-state index contributed by atoms with van der Waals surface area (Å²) in [5, 5.41) is 0. The molecule has 0 N–H and O–H groups in total. The molecule has 1 aliphatic carbocycles. The van der Waals surface area contributed by atoms with E-state index in [1.54, 1.807) is 6.92 Å². The second-order valence-electron chi connectivity index (χ2n) is 4.93. The highest BCUT2D eigenvalue weighted by atomic mass is 16.1. The molecule has 0 unspecified atom stereocenters. The summed E-state index contributed by atoms with van der Waals surface area (Å²) in [6.45, 7) is 3.46. The Labute approximate surface area is 95.7 Å². The summed E-state index contributed by atoms with van der Waals surface area (Å²) in [7, 11) is 0. The number of hydrogen-bond acceptors (Lipinski definition) is 2. The van der Waals surface area contributed by atoms with Gasteiger partial charge in [0.2, 0.25) is 0 Å². The van der Waals surface area contributed by atoms with Crippen molar-refractivity contribution >= 4 is 11.6 Å². The van der Waals surface area contributed by atoms with Gasteiger partial charge in [-0.05, 0) is 25.3 Å². The highest BCUT2D eigenvalue weighted by Crippen LogP contribution is 2.37. The van der Waals surface area contributed by atoms with Crippen molar-refractivity contribution in [3.8, 4) is 0 Å². The Bertz CT molecular complexity index is 448. The molecule has 2 heteroatoms. The molecule has 0 aromatic heterocycles. The van der Waals surface area contributed by atoms with E-state index in [1.165, 1.54) is 0 Å². The molecule has 16 heavy (non-hydrogen) atoms. The first-order chi connectivity index (χ1) is 7.53. The van der Waals surface area contributed by atoms with E-state index < -0.39 is 5.41 Å². The zero-order chi connectivity index (χ0) is 11.8. The van der Waals surface area contributed by atoms with E-state index in [0.29, 0.717) is 6.42 Å². The lowest BCUT2D eigenvalue weighted by Gasteiger charge is -2.32. The first kappa shape index (κ1) is 11.1. The largest absolute Gasteiger partial charge is 0.300 e. The van der Waals surface area contributed by atoms with Crippen molar-refractivity contribution < 1.29 is 9.59 Å². The van der Waals surface area contributed by atoms with Crippen LogP contribution in [-0.4, -0.2) is 11.6 Å². The topological polar surface area (TPSA) is 34.1 Å². The van der Waals surface area contributed by atoms with Crippen LogP contribution in [0.25, 0.3) is 0 Å². The number of carbonyl (C=O) groups excluding carboxylic acids is 2. The summed E-state index contributed by atoms with van der Waals surface area (Å²) >= 11 is 0. The molecule has 1 atom stereocenters. The smallest absolute Gasteiger partial charge is 0.169 e. The second kappa shape index (κ2) is 3.85. The van der Waals surface area contributed by atoms with Crippen LogP contribution in [-0.2, 0) is 11.2 Å². The third kappa shape index (κ3) is 1.80. The van der Waals surface area contributed by atoms with Crippen molar-refractivity contribution in [2.24, 2.45) is 5.41 Å². The molecule has 0 amide bonds. The molecule has 0 heterocycles. The quantitative estimate of drug-likeness (QED) is 0.761. The van der Waals surface area contributed by atoms with Gasteiger partial charge in [-0.2, -0.15) is 0 Å². The molecule has 0 aliphatic heterocycles. The van der Waals surface area contributed by atoms with Gasteiger partial charge < -0.3 is 0 Å². The number of benzene rings is 1. The van der Waals surface area contributed by atoms with Crippen LogP contribution in [0.15, 0.2) is 24.3 Å². The number of Topliss-reactive ketones (excluding diaryl/α,β-unsaturated/α-hetero) is 2. The standard InChI is InChI=1S/C14H16O2/c1-10(15)9-14(2)8-7-11-5-3-4-6-12(11)13(14)16/h3-6H,7-9H2,1-2H3/t14-/m0/s1. The van der Waals surface area contributed by atoms with Crippen molar-refractivity contribution in [3.05, 3.63) is 35.4 Å². The molecule has 0 spiro atoms. The molecule has 0 bridgehead atoms. The lowest BCUT2D eigenvalue weighted by molar-refractivity contribution is -0.118. The van der Waals surface area contributed by atoms with Crippen molar-refractivity contribution in [1.29, 1.82) is 0 Å². The van der Waals surface area contributed by atoms with Gasteiger partial charge in [0.25, 0.3) is 0 Å².